The molecular weight excluding hydrogens is 394 g/mol. The third kappa shape index (κ3) is 6.80. The molecule has 1 aromatic rings. The Morgan fingerprint density at radius 3 is 2.45 bits per heavy atom. The molecule has 1 heterocycles. The fourth-order valence-electron chi connectivity index (χ4n) is 3.31. The summed E-state index contributed by atoms with van der Waals surface area (Å²) >= 11 is 0. The Kier molecular flexibility index (Phi) is 8.02. The van der Waals surface area contributed by atoms with Crippen LogP contribution in [0.4, 0.5) is 11.4 Å². The lowest BCUT2D eigenvalue weighted by Crippen LogP contribution is -2.47. The van der Waals surface area contributed by atoms with Gasteiger partial charge in [0.1, 0.15) is 5.82 Å². The van der Waals surface area contributed by atoms with E-state index < -0.39 is 5.91 Å². The third-order valence-electron chi connectivity index (χ3n) is 5.48. The molecular formula is C22H33N7O2. The molecule has 4 N–H and O–H groups in total. The van der Waals surface area contributed by atoms with Gasteiger partial charge >= 0.3 is 0 Å². The van der Waals surface area contributed by atoms with Crippen LogP contribution in [0.3, 0.4) is 0 Å². The molecule has 3 rings (SSSR count). The van der Waals surface area contributed by atoms with Gasteiger partial charge in [0.05, 0.1) is 12.2 Å². The van der Waals surface area contributed by atoms with Crippen LogP contribution < -0.4 is 21.3 Å². The highest BCUT2D eigenvalue weighted by Gasteiger charge is 2.23. The Morgan fingerprint density at radius 2 is 1.90 bits per heavy atom. The van der Waals surface area contributed by atoms with Crippen molar-refractivity contribution in [2.24, 2.45) is 15.7 Å². The van der Waals surface area contributed by atoms with Crippen molar-refractivity contribution in [2.45, 2.75) is 25.8 Å². The molecule has 2 aliphatic rings. The summed E-state index contributed by atoms with van der Waals surface area (Å²) in [7, 11) is 1.74. The van der Waals surface area contributed by atoms with Gasteiger partial charge in [-0.05, 0) is 50.7 Å². The van der Waals surface area contributed by atoms with Crippen molar-refractivity contribution in [1.82, 2.24) is 10.2 Å². The van der Waals surface area contributed by atoms with Crippen LogP contribution in [0, 0.1) is 0 Å². The number of nitrogens with zero attached hydrogens (tertiary/aromatic N) is 4. The number of carbonyl (C=O) groups is 1. The van der Waals surface area contributed by atoms with Crippen molar-refractivity contribution in [3.05, 3.63) is 35.7 Å². The summed E-state index contributed by atoms with van der Waals surface area (Å²) in [6, 6.07) is 8.48. The summed E-state index contributed by atoms with van der Waals surface area (Å²) < 4.78 is 5.17. The fraction of sp³-hybridized carbons (Fsp3) is 0.500. The van der Waals surface area contributed by atoms with E-state index in [-0.39, 0.29) is 0 Å². The van der Waals surface area contributed by atoms with Gasteiger partial charge in [0.25, 0.3) is 0 Å². The van der Waals surface area contributed by atoms with E-state index in [0.717, 1.165) is 57.9 Å². The molecule has 0 radical (unpaired) electrons. The number of hydrogen-bond donors (Lipinski definition) is 3. The van der Waals surface area contributed by atoms with E-state index in [9.17, 15) is 4.79 Å². The van der Waals surface area contributed by atoms with Crippen LogP contribution in [0.5, 0.6) is 0 Å². The smallest absolute Gasteiger partial charge is 0.248 e. The van der Waals surface area contributed by atoms with Crippen LogP contribution in [-0.2, 0) is 9.53 Å². The van der Waals surface area contributed by atoms with Crippen molar-refractivity contribution in [3.8, 4) is 0 Å². The first-order chi connectivity index (χ1) is 15.0. The number of aliphatic imine (C=N–C) groups is 2. The van der Waals surface area contributed by atoms with Crippen LogP contribution in [0.2, 0.25) is 0 Å². The van der Waals surface area contributed by atoms with Crippen LogP contribution in [0.25, 0.3) is 0 Å². The topological polar surface area (TPSA) is 108 Å². The Morgan fingerprint density at radius 1 is 1.23 bits per heavy atom. The molecule has 0 spiro atoms. The van der Waals surface area contributed by atoms with Gasteiger partial charge in [0, 0.05) is 57.3 Å². The highest BCUT2D eigenvalue weighted by atomic mass is 16.5. The number of hydrogen-bond acceptors (Lipinski definition) is 6. The molecule has 0 unspecified atom stereocenters. The number of rotatable bonds is 9. The van der Waals surface area contributed by atoms with E-state index in [1.54, 1.807) is 14.0 Å². The van der Waals surface area contributed by atoms with E-state index in [1.165, 1.54) is 5.69 Å². The molecule has 2 fully saturated rings. The lowest BCUT2D eigenvalue weighted by Gasteiger charge is -2.36. The van der Waals surface area contributed by atoms with Crippen LogP contribution >= 0.6 is 0 Å². The Bertz CT molecular complexity index is 823. The number of methoxy groups -OCH3 is 1. The number of guanidine groups is 1. The standard InChI is InChI=1S/C22H33N7O2/c1-16(20(23)30)21(25-17-4-5-17)27-22(24-2)26-18-6-8-19(9-7-18)29-12-10-28(11-13-29)14-15-31-3/h6-9,17,25H,2,4-5,10-15H2,1,3H3,(H2,23,30)(H,26,27)/b21-16+. The van der Waals surface area contributed by atoms with Crippen LogP contribution in [0.15, 0.2) is 45.6 Å². The summed E-state index contributed by atoms with van der Waals surface area (Å²) in [4.78, 5) is 24.8. The van der Waals surface area contributed by atoms with Crippen molar-refractivity contribution < 1.29 is 9.53 Å². The predicted octanol–water partition coefficient (Wildman–Crippen LogP) is 1.39. The first-order valence-electron chi connectivity index (χ1n) is 10.7. The van der Waals surface area contributed by atoms with E-state index in [4.69, 9.17) is 10.5 Å². The second kappa shape index (κ2) is 10.9. The van der Waals surface area contributed by atoms with Gasteiger partial charge in [-0.3, -0.25) is 9.69 Å². The van der Waals surface area contributed by atoms with Gasteiger partial charge in [-0.25, -0.2) is 4.99 Å². The number of carbonyl (C=O) groups excluding carboxylic acids is 1. The maximum atomic E-state index is 11.6. The minimum Gasteiger partial charge on any atom is -0.383 e. The zero-order valence-electron chi connectivity index (χ0n) is 18.4. The normalized spacial score (nSPS) is 18.4. The fourth-order valence-corrected chi connectivity index (χ4v) is 3.31. The first-order valence-corrected chi connectivity index (χ1v) is 10.7. The minimum atomic E-state index is -0.512. The number of anilines is 2. The number of piperazine rings is 1. The molecule has 1 aromatic carbocycles. The van der Waals surface area contributed by atoms with E-state index in [1.807, 2.05) is 12.1 Å². The van der Waals surface area contributed by atoms with E-state index in [0.29, 0.717) is 23.4 Å². The molecule has 1 aliphatic heterocycles. The quantitative estimate of drug-likeness (QED) is 0.312. The summed E-state index contributed by atoms with van der Waals surface area (Å²) in [6.07, 6.45) is 2.11. The lowest BCUT2D eigenvalue weighted by molar-refractivity contribution is -0.114. The van der Waals surface area contributed by atoms with Gasteiger partial charge in [-0.15, -0.1) is 0 Å². The summed E-state index contributed by atoms with van der Waals surface area (Å²) in [5, 5.41) is 6.40. The maximum Gasteiger partial charge on any atom is 0.248 e. The van der Waals surface area contributed by atoms with Gasteiger partial charge in [-0.2, -0.15) is 4.99 Å². The first kappa shape index (κ1) is 22.8. The molecule has 9 heteroatoms. The highest BCUT2D eigenvalue weighted by Crippen LogP contribution is 2.22. The van der Waals surface area contributed by atoms with Crippen molar-refractivity contribution in [1.29, 1.82) is 0 Å². The van der Waals surface area contributed by atoms with Crippen LogP contribution in [0.1, 0.15) is 19.8 Å². The molecule has 1 aliphatic carbocycles. The molecule has 9 nitrogen and oxygen atoms in total. The van der Waals surface area contributed by atoms with Gasteiger partial charge in [0.15, 0.2) is 0 Å². The average Bonchev–Trinajstić information content (AvgIpc) is 3.61. The Hall–Kier alpha value is -2.91. The SMILES string of the molecule is C=NC(=N/C(NC1CC1)=C(\C)C(N)=O)Nc1ccc(N2CCN(CCOC)CC2)cc1. The summed E-state index contributed by atoms with van der Waals surface area (Å²) in [6.45, 7) is 11.0. The van der Waals surface area contributed by atoms with E-state index in [2.05, 4.69) is 49.3 Å². The molecule has 0 bridgehead atoms. The summed E-state index contributed by atoms with van der Waals surface area (Å²) in [5.41, 5.74) is 7.83. The van der Waals surface area contributed by atoms with E-state index >= 15 is 0 Å². The van der Waals surface area contributed by atoms with Crippen molar-refractivity contribution in [2.75, 3.05) is 56.7 Å². The number of nitrogens with one attached hydrogen (secondary N) is 2. The minimum absolute atomic E-state index is 0.309. The highest BCUT2D eigenvalue weighted by molar-refractivity contribution is 5.98. The molecule has 31 heavy (non-hydrogen) atoms. The number of ether oxygens (including phenoxy) is 1. The number of nitrogens with two attached hydrogens (primary N) is 1. The second-order valence-corrected chi connectivity index (χ2v) is 7.84. The molecule has 0 aromatic heterocycles. The lowest BCUT2D eigenvalue weighted by atomic mass is 10.2. The number of primary amides is 1. The van der Waals surface area contributed by atoms with Crippen molar-refractivity contribution >= 4 is 30.0 Å². The zero-order valence-corrected chi connectivity index (χ0v) is 18.4. The average molecular weight is 428 g/mol. The van der Waals surface area contributed by atoms with Crippen LogP contribution in [-0.4, -0.2) is 76.0 Å². The Labute approximate surface area is 184 Å². The molecule has 1 amide bonds. The molecule has 1 saturated carbocycles. The van der Waals surface area contributed by atoms with Gasteiger partial charge < -0.3 is 26.0 Å². The molecule has 1 saturated heterocycles. The van der Waals surface area contributed by atoms with Gasteiger partial charge in [-0.1, -0.05) is 0 Å². The Balaban J connectivity index is 1.62. The second-order valence-electron chi connectivity index (χ2n) is 7.84. The molecule has 0 atom stereocenters. The summed E-state index contributed by atoms with van der Waals surface area (Å²) in [5.74, 6) is 0.234. The zero-order chi connectivity index (χ0) is 22.2. The number of amides is 1. The predicted molar refractivity (Wildman–Crippen MR) is 126 cm³/mol. The van der Waals surface area contributed by atoms with Crippen molar-refractivity contribution in [3.63, 3.8) is 0 Å². The number of benzene rings is 1. The van der Waals surface area contributed by atoms with Gasteiger partial charge in [0.2, 0.25) is 11.9 Å². The maximum absolute atomic E-state index is 11.6. The molecule has 168 valence electrons. The largest absolute Gasteiger partial charge is 0.383 e. The monoisotopic (exact) mass is 427 g/mol. The third-order valence-corrected chi connectivity index (χ3v) is 5.48.